The zero-order chi connectivity index (χ0) is 11.8. The first-order valence-electron chi connectivity index (χ1n) is 5.22. The van der Waals surface area contributed by atoms with Crippen molar-refractivity contribution in [3.05, 3.63) is 18.4 Å². The van der Waals surface area contributed by atoms with Crippen LogP contribution in [0.3, 0.4) is 0 Å². The first kappa shape index (κ1) is 11.5. The van der Waals surface area contributed by atoms with Gasteiger partial charge in [0, 0.05) is 25.7 Å². The molecule has 0 aromatic carbocycles. The number of hydrogen-bond acceptors (Lipinski definition) is 4. The molecule has 1 N–H and O–H groups in total. The van der Waals surface area contributed by atoms with Gasteiger partial charge in [-0.25, -0.2) is 12.7 Å². The summed E-state index contributed by atoms with van der Waals surface area (Å²) in [5.74, 6) is 0.386. The summed E-state index contributed by atoms with van der Waals surface area (Å²) in [6.07, 6.45) is 1.48. The van der Waals surface area contributed by atoms with Crippen molar-refractivity contribution in [2.75, 3.05) is 23.9 Å². The predicted molar refractivity (Wildman–Crippen MR) is 61.9 cm³/mol. The monoisotopic (exact) mass is 244 g/mol. The third-order valence-electron chi connectivity index (χ3n) is 2.78. The number of nitrogens with zero attached hydrogens (tertiary/aromatic N) is 1. The lowest BCUT2D eigenvalue weighted by Gasteiger charge is -2.28. The molecule has 16 heavy (non-hydrogen) atoms. The van der Waals surface area contributed by atoms with E-state index < -0.39 is 14.8 Å². The fourth-order valence-corrected chi connectivity index (χ4v) is 3.27. The molecular formula is C10H16N2O3S. The number of furan rings is 1. The van der Waals surface area contributed by atoms with Crippen LogP contribution in [-0.4, -0.2) is 32.8 Å². The standard InChI is InChI=1S/C10H16N2O3S/c1-10(2)8-11-5-6-12(16(10,13)14)9-4-3-7-15-9/h3-4,7,11H,5-6,8H2,1-2H3. The molecule has 2 heterocycles. The smallest absolute Gasteiger partial charge is 0.243 e. The maximum Gasteiger partial charge on any atom is 0.243 e. The molecule has 0 amide bonds. The molecule has 1 aromatic heterocycles. The molecule has 1 saturated heterocycles. The van der Waals surface area contributed by atoms with E-state index >= 15 is 0 Å². The highest BCUT2D eigenvalue weighted by Gasteiger charge is 2.41. The average molecular weight is 244 g/mol. The van der Waals surface area contributed by atoms with E-state index in [1.807, 2.05) is 0 Å². The van der Waals surface area contributed by atoms with Gasteiger partial charge in [-0.2, -0.15) is 0 Å². The average Bonchev–Trinajstić information content (AvgIpc) is 2.66. The Hall–Kier alpha value is -1.01. The molecule has 0 bridgehead atoms. The molecule has 6 heteroatoms. The normalized spacial score (nSPS) is 24.0. The first-order chi connectivity index (χ1) is 7.45. The molecule has 1 aliphatic rings. The highest BCUT2D eigenvalue weighted by Crippen LogP contribution is 2.27. The molecular weight excluding hydrogens is 228 g/mol. The molecule has 0 radical (unpaired) electrons. The Bertz CT molecular complexity index is 450. The molecule has 1 aromatic rings. The van der Waals surface area contributed by atoms with Crippen molar-refractivity contribution >= 4 is 15.9 Å². The Labute approximate surface area is 95.5 Å². The molecule has 1 fully saturated rings. The van der Waals surface area contributed by atoms with E-state index in [0.717, 1.165) is 0 Å². The summed E-state index contributed by atoms with van der Waals surface area (Å²) in [7, 11) is -3.38. The minimum Gasteiger partial charge on any atom is -0.448 e. The van der Waals surface area contributed by atoms with Crippen molar-refractivity contribution in [1.29, 1.82) is 0 Å². The number of nitrogens with one attached hydrogen (secondary N) is 1. The van der Waals surface area contributed by atoms with Crippen molar-refractivity contribution in [3.8, 4) is 0 Å². The van der Waals surface area contributed by atoms with Crippen LogP contribution >= 0.6 is 0 Å². The van der Waals surface area contributed by atoms with E-state index in [-0.39, 0.29) is 0 Å². The molecule has 0 aliphatic carbocycles. The summed E-state index contributed by atoms with van der Waals surface area (Å²) in [5.41, 5.74) is 0. The first-order valence-corrected chi connectivity index (χ1v) is 6.66. The van der Waals surface area contributed by atoms with Gasteiger partial charge in [0.25, 0.3) is 0 Å². The van der Waals surface area contributed by atoms with Crippen molar-refractivity contribution in [3.63, 3.8) is 0 Å². The van der Waals surface area contributed by atoms with Crippen LogP contribution in [0, 0.1) is 0 Å². The van der Waals surface area contributed by atoms with Crippen molar-refractivity contribution < 1.29 is 12.8 Å². The van der Waals surface area contributed by atoms with E-state index in [9.17, 15) is 8.42 Å². The van der Waals surface area contributed by atoms with Gasteiger partial charge in [0.15, 0.2) is 0 Å². The third kappa shape index (κ3) is 1.72. The zero-order valence-corrected chi connectivity index (χ0v) is 10.3. The molecule has 0 unspecified atom stereocenters. The van der Waals surface area contributed by atoms with Crippen LogP contribution in [0.2, 0.25) is 0 Å². The van der Waals surface area contributed by atoms with E-state index in [0.29, 0.717) is 25.5 Å². The summed E-state index contributed by atoms with van der Waals surface area (Å²) in [5, 5.41) is 3.12. The fourth-order valence-electron chi connectivity index (χ4n) is 1.72. The van der Waals surface area contributed by atoms with Gasteiger partial charge in [-0.3, -0.25) is 0 Å². The van der Waals surface area contributed by atoms with E-state index in [1.165, 1.54) is 10.6 Å². The lowest BCUT2D eigenvalue weighted by molar-refractivity contribution is 0.528. The number of sulfonamides is 1. The minimum atomic E-state index is -3.38. The Morgan fingerprint density at radius 2 is 2.25 bits per heavy atom. The largest absolute Gasteiger partial charge is 0.448 e. The molecule has 0 atom stereocenters. The quantitative estimate of drug-likeness (QED) is 0.793. The number of hydrogen-bond donors (Lipinski definition) is 1. The Balaban J connectivity index is 2.45. The molecule has 1 aliphatic heterocycles. The summed E-state index contributed by atoms with van der Waals surface area (Å²) < 4.78 is 30.5. The summed E-state index contributed by atoms with van der Waals surface area (Å²) >= 11 is 0. The molecule has 90 valence electrons. The highest BCUT2D eigenvalue weighted by molar-refractivity contribution is 7.94. The van der Waals surface area contributed by atoms with Gasteiger partial charge in [-0.05, 0) is 19.9 Å². The van der Waals surface area contributed by atoms with E-state index in [2.05, 4.69) is 5.32 Å². The van der Waals surface area contributed by atoms with Crippen LogP contribution < -0.4 is 9.62 Å². The topological polar surface area (TPSA) is 62.6 Å². The molecule has 5 nitrogen and oxygen atoms in total. The van der Waals surface area contributed by atoms with Gasteiger partial charge >= 0.3 is 0 Å². The van der Waals surface area contributed by atoms with Gasteiger partial charge in [0.1, 0.15) is 0 Å². The van der Waals surface area contributed by atoms with Gasteiger partial charge in [-0.15, -0.1) is 0 Å². The Kier molecular flexibility index (Phi) is 2.71. The van der Waals surface area contributed by atoms with Crippen LogP contribution in [0.4, 0.5) is 5.88 Å². The highest BCUT2D eigenvalue weighted by atomic mass is 32.2. The van der Waals surface area contributed by atoms with Crippen LogP contribution in [-0.2, 0) is 10.0 Å². The SMILES string of the molecule is CC1(C)CNCCN(c2ccco2)S1(=O)=O. The number of anilines is 1. The van der Waals surface area contributed by atoms with Crippen LogP contribution in [0.25, 0.3) is 0 Å². The number of rotatable bonds is 1. The second kappa shape index (κ2) is 3.78. The lowest BCUT2D eigenvalue weighted by Crippen LogP contribution is -2.46. The second-order valence-electron chi connectivity index (χ2n) is 4.46. The summed E-state index contributed by atoms with van der Waals surface area (Å²) in [4.78, 5) is 0. The van der Waals surface area contributed by atoms with Gasteiger partial charge in [0.2, 0.25) is 15.9 Å². The molecule has 2 rings (SSSR count). The minimum absolute atomic E-state index is 0.386. The van der Waals surface area contributed by atoms with Crippen molar-refractivity contribution in [2.24, 2.45) is 0 Å². The maximum atomic E-state index is 12.4. The van der Waals surface area contributed by atoms with Crippen LogP contribution in [0.5, 0.6) is 0 Å². The van der Waals surface area contributed by atoms with Crippen LogP contribution in [0.15, 0.2) is 22.8 Å². The zero-order valence-electron chi connectivity index (χ0n) is 9.43. The van der Waals surface area contributed by atoms with E-state index in [1.54, 1.807) is 26.0 Å². The third-order valence-corrected chi connectivity index (χ3v) is 5.27. The fraction of sp³-hybridized carbons (Fsp3) is 0.600. The van der Waals surface area contributed by atoms with Crippen molar-refractivity contribution in [2.45, 2.75) is 18.6 Å². The van der Waals surface area contributed by atoms with Gasteiger partial charge in [-0.1, -0.05) is 0 Å². The van der Waals surface area contributed by atoms with Crippen LogP contribution in [0.1, 0.15) is 13.8 Å². The molecule has 0 saturated carbocycles. The second-order valence-corrected chi connectivity index (χ2v) is 6.96. The summed E-state index contributed by atoms with van der Waals surface area (Å²) in [6, 6.07) is 3.36. The lowest BCUT2D eigenvalue weighted by atomic mass is 10.2. The van der Waals surface area contributed by atoms with Crippen molar-refractivity contribution in [1.82, 2.24) is 5.32 Å². The maximum absolute atomic E-state index is 12.4. The summed E-state index contributed by atoms with van der Waals surface area (Å²) in [6.45, 7) is 4.92. The molecule has 0 spiro atoms. The Morgan fingerprint density at radius 1 is 1.50 bits per heavy atom. The predicted octanol–water partition coefficient (Wildman–Crippen LogP) is 0.798. The van der Waals surface area contributed by atoms with Gasteiger partial charge < -0.3 is 9.73 Å². The van der Waals surface area contributed by atoms with E-state index in [4.69, 9.17) is 4.42 Å². The van der Waals surface area contributed by atoms with Gasteiger partial charge in [0.05, 0.1) is 11.0 Å². The Morgan fingerprint density at radius 3 is 2.88 bits per heavy atom.